The molecule has 0 bridgehead atoms. The second kappa shape index (κ2) is 11.2. The van der Waals surface area contributed by atoms with Crippen molar-refractivity contribution in [1.29, 1.82) is 0 Å². The fourth-order valence-corrected chi connectivity index (χ4v) is 8.06. The number of hydrogen-bond donors (Lipinski definition) is 0. The molecule has 8 aromatic carbocycles. The molecule has 3 aromatic heterocycles. The van der Waals surface area contributed by atoms with Gasteiger partial charge < -0.3 is 4.57 Å². The molecule has 0 N–H and O–H groups in total. The summed E-state index contributed by atoms with van der Waals surface area (Å²) in [6, 6.07) is 62.1. The van der Waals surface area contributed by atoms with E-state index in [0.29, 0.717) is 17.6 Å². The molecule has 0 unspecified atom stereocenters. The molecule has 52 heavy (non-hydrogen) atoms. The molecule has 0 aliphatic rings. The van der Waals surface area contributed by atoms with Crippen molar-refractivity contribution in [1.82, 2.24) is 24.1 Å². The molecule has 242 valence electrons. The molecule has 0 aliphatic heterocycles. The first kappa shape index (κ1) is 28.7. The van der Waals surface area contributed by atoms with Crippen molar-refractivity contribution >= 4 is 65.2 Å². The highest BCUT2D eigenvalue weighted by atomic mass is 15.2. The summed E-state index contributed by atoms with van der Waals surface area (Å²) in [5.41, 5.74) is 7.45. The van der Waals surface area contributed by atoms with Crippen LogP contribution in [0, 0.1) is 0 Å². The van der Waals surface area contributed by atoms with Crippen molar-refractivity contribution in [3.05, 3.63) is 176 Å². The number of nitrogens with zero attached hydrogens (tertiary/aromatic N) is 5. The van der Waals surface area contributed by atoms with Gasteiger partial charge in [-0.2, -0.15) is 9.97 Å². The summed E-state index contributed by atoms with van der Waals surface area (Å²) in [5, 5.41) is 9.41. The van der Waals surface area contributed by atoms with Gasteiger partial charge >= 0.3 is 0 Å². The van der Waals surface area contributed by atoms with Gasteiger partial charge in [-0.3, -0.25) is 4.57 Å². The number of benzene rings is 8. The normalized spacial score (nSPS) is 11.8. The summed E-state index contributed by atoms with van der Waals surface area (Å²) in [4.78, 5) is 15.6. The Kier molecular flexibility index (Phi) is 6.18. The van der Waals surface area contributed by atoms with Gasteiger partial charge in [-0.25, -0.2) is 4.98 Å². The van der Waals surface area contributed by atoms with Crippen molar-refractivity contribution in [2.45, 2.75) is 0 Å². The van der Waals surface area contributed by atoms with Crippen molar-refractivity contribution in [2.24, 2.45) is 0 Å². The van der Waals surface area contributed by atoms with Crippen LogP contribution >= 0.6 is 0 Å². The highest BCUT2D eigenvalue weighted by Gasteiger charge is 2.21. The lowest BCUT2D eigenvalue weighted by atomic mass is 10.0. The van der Waals surface area contributed by atoms with Crippen LogP contribution in [-0.2, 0) is 0 Å². The van der Waals surface area contributed by atoms with Gasteiger partial charge in [0.05, 0.1) is 22.1 Å². The van der Waals surface area contributed by atoms with E-state index in [-0.39, 0.29) is 0 Å². The Morgan fingerprint density at radius 3 is 1.69 bits per heavy atom. The molecular formula is C47H29N5. The maximum atomic E-state index is 5.29. The first-order chi connectivity index (χ1) is 25.8. The van der Waals surface area contributed by atoms with E-state index in [1.807, 2.05) is 18.2 Å². The summed E-state index contributed by atoms with van der Waals surface area (Å²) in [6.45, 7) is 0. The third-order valence-electron chi connectivity index (χ3n) is 10.4. The summed E-state index contributed by atoms with van der Waals surface area (Å²) >= 11 is 0. The van der Waals surface area contributed by atoms with Gasteiger partial charge in [-0.05, 0) is 57.9 Å². The molecule has 0 spiro atoms. The molecule has 5 heteroatoms. The Hall–Kier alpha value is -7.11. The average molecular weight is 664 g/mol. The van der Waals surface area contributed by atoms with E-state index >= 15 is 0 Å². The molecule has 11 rings (SSSR count). The molecule has 0 fully saturated rings. The van der Waals surface area contributed by atoms with E-state index in [2.05, 4.69) is 167 Å². The number of fused-ring (bicyclic) bond motifs is 9. The van der Waals surface area contributed by atoms with Gasteiger partial charge in [0.25, 0.3) is 0 Å². The van der Waals surface area contributed by atoms with E-state index in [1.165, 1.54) is 38.0 Å². The van der Waals surface area contributed by atoms with E-state index in [4.69, 9.17) is 15.0 Å². The molecule has 0 amide bonds. The zero-order valence-corrected chi connectivity index (χ0v) is 28.0. The third-order valence-corrected chi connectivity index (χ3v) is 10.4. The highest BCUT2D eigenvalue weighted by Crippen LogP contribution is 2.40. The first-order valence-electron chi connectivity index (χ1n) is 17.5. The van der Waals surface area contributed by atoms with Gasteiger partial charge in [0, 0.05) is 38.4 Å². The molecule has 0 saturated heterocycles. The zero-order valence-electron chi connectivity index (χ0n) is 28.0. The number of hydrogen-bond acceptors (Lipinski definition) is 3. The Balaban J connectivity index is 1.24. The van der Waals surface area contributed by atoms with Crippen LogP contribution in [0.15, 0.2) is 176 Å². The second-order valence-corrected chi connectivity index (χ2v) is 13.3. The van der Waals surface area contributed by atoms with Crippen LogP contribution in [0.5, 0.6) is 0 Å². The summed E-state index contributed by atoms with van der Waals surface area (Å²) in [7, 11) is 0. The fraction of sp³-hybridized carbons (Fsp3) is 0. The van der Waals surface area contributed by atoms with E-state index in [9.17, 15) is 0 Å². The molecule has 11 aromatic rings. The van der Waals surface area contributed by atoms with Crippen molar-refractivity contribution in [3.8, 4) is 34.4 Å². The quantitative estimate of drug-likeness (QED) is 0.188. The van der Waals surface area contributed by atoms with E-state index in [0.717, 1.165) is 44.0 Å². The average Bonchev–Trinajstić information content (AvgIpc) is 3.73. The minimum Gasteiger partial charge on any atom is -0.309 e. The Morgan fingerprint density at radius 1 is 0.346 bits per heavy atom. The fourth-order valence-electron chi connectivity index (χ4n) is 8.06. The van der Waals surface area contributed by atoms with Crippen LogP contribution < -0.4 is 0 Å². The maximum absolute atomic E-state index is 5.29. The molecule has 0 atom stereocenters. The van der Waals surface area contributed by atoms with Crippen molar-refractivity contribution < 1.29 is 0 Å². The van der Waals surface area contributed by atoms with Gasteiger partial charge in [0.15, 0.2) is 11.6 Å². The van der Waals surface area contributed by atoms with Crippen molar-refractivity contribution in [3.63, 3.8) is 0 Å². The van der Waals surface area contributed by atoms with Crippen LogP contribution in [0.3, 0.4) is 0 Å². The Labute approximate surface area is 298 Å². The van der Waals surface area contributed by atoms with Crippen LogP contribution in [0.1, 0.15) is 0 Å². The summed E-state index contributed by atoms with van der Waals surface area (Å²) < 4.78 is 4.60. The lowest BCUT2D eigenvalue weighted by Crippen LogP contribution is -2.06. The number of aromatic nitrogens is 5. The van der Waals surface area contributed by atoms with Crippen LogP contribution in [0.4, 0.5) is 0 Å². The maximum Gasteiger partial charge on any atom is 0.238 e. The predicted octanol–water partition coefficient (Wildman–Crippen LogP) is 11.7. The second-order valence-electron chi connectivity index (χ2n) is 13.3. The van der Waals surface area contributed by atoms with Crippen LogP contribution in [0.2, 0.25) is 0 Å². The molecule has 0 radical (unpaired) electrons. The van der Waals surface area contributed by atoms with Gasteiger partial charge in [-0.15, -0.1) is 0 Å². The highest BCUT2D eigenvalue weighted by molar-refractivity contribution is 6.22. The third kappa shape index (κ3) is 4.26. The minimum absolute atomic E-state index is 0.580. The van der Waals surface area contributed by atoms with Crippen LogP contribution in [0.25, 0.3) is 99.6 Å². The first-order valence-corrected chi connectivity index (χ1v) is 17.5. The van der Waals surface area contributed by atoms with Gasteiger partial charge in [0.1, 0.15) is 0 Å². The van der Waals surface area contributed by atoms with E-state index in [1.54, 1.807) is 0 Å². The predicted molar refractivity (Wildman–Crippen MR) is 214 cm³/mol. The molecule has 0 aliphatic carbocycles. The molecule has 5 nitrogen and oxygen atoms in total. The van der Waals surface area contributed by atoms with Crippen molar-refractivity contribution in [2.75, 3.05) is 0 Å². The minimum atomic E-state index is 0.580. The SMILES string of the molecule is c1ccc(-c2nc(-c3cccc4ccccc34)nc(-n3c4ccc(-n5c6ccccc6c6ccccc65)cc4c4c5ccccc5ccc43)n2)cc1. The van der Waals surface area contributed by atoms with Crippen LogP contribution in [-0.4, -0.2) is 24.1 Å². The van der Waals surface area contributed by atoms with Gasteiger partial charge in [0.2, 0.25) is 5.95 Å². The lowest BCUT2D eigenvalue weighted by Gasteiger charge is -2.12. The Bertz CT molecular complexity index is 3130. The molecule has 3 heterocycles. The standard InChI is InChI=1S/C47H29N5/c1-2-15-32(16-3-1)45-48-46(38-22-12-17-30-13-4-6-18-34(30)38)50-47(49-45)52-42-28-26-33(29-39(42)44-35-19-7-5-14-31(35)25-27-43(44)52)51-40-23-10-8-20-36(40)37-21-9-11-24-41(37)51/h1-29H. The molecular weight excluding hydrogens is 635 g/mol. The summed E-state index contributed by atoms with van der Waals surface area (Å²) in [6.07, 6.45) is 0. The topological polar surface area (TPSA) is 48.5 Å². The Morgan fingerprint density at radius 2 is 0.923 bits per heavy atom. The zero-order chi connectivity index (χ0) is 34.2. The summed E-state index contributed by atoms with van der Waals surface area (Å²) in [5.74, 6) is 1.85. The van der Waals surface area contributed by atoms with Gasteiger partial charge in [-0.1, -0.05) is 140 Å². The smallest absolute Gasteiger partial charge is 0.238 e. The monoisotopic (exact) mass is 663 g/mol. The number of para-hydroxylation sites is 2. The number of rotatable bonds is 4. The van der Waals surface area contributed by atoms with E-state index < -0.39 is 0 Å². The lowest BCUT2D eigenvalue weighted by molar-refractivity contribution is 0.954. The largest absolute Gasteiger partial charge is 0.309 e. The molecule has 0 saturated carbocycles.